The molecule has 0 aliphatic heterocycles. The number of aliphatic hydroxyl groups is 1. The van der Waals surface area contributed by atoms with E-state index in [1.54, 1.807) is 0 Å². The van der Waals surface area contributed by atoms with Crippen molar-refractivity contribution >= 4 is 0 Å². The van der Waals surface area contributed by atoms with Crippen LogP contribution in [0.15, 0.2) is 18.3 Å². The molecule has 1 N–H and O–H groups in total. The molecule has 0 aliphatic carbocycles. The second-order valence-corrected chi connectivity index (χ2v) is 2.66. The van der Waals surface area contributed by atoms with Gasteiger partial charge < -0.3 is 9.67 Å². The summed E-state index contributed by atoms with van der Waals surface area (Å²) in [5, 5.41) is 8.90. The van der Waals surface area contributed by atoms with Gasteiger partial charge in [0, 0.05) is 24.9 Å². The Bertz CT molecular complexity index is 270. The van der Waals surface area contributed by atoms with E-state index in [9.17, 15) is 0 Å². The molecule has 0 saturated carbocycles. The quantitative estimate of drug-likeness (QED) is 0.526. The Morgan fingerprint density at radius 3 is 3.08 bits per heavy atom. The maximum atomic E-state index is 8.90. The summed E-state index contributed by atoms with van der Waals surface area (Å²) in [5.74, 6) is 2.59. The van der Waals surface area contributed by atoms with Gasteiger partial charge in [0.05, 0.1) is 6.61 Å². The monoisotopic (exact) mass is 163 g/mol. The largest absolute Gasteiger partial charge is 0.390 e. The van der Waals surface area contributed by atoms with E-state index in [4.69, 9.17) is 11.5 Å². The maximum Gasteiger partial charge on any atom is 0.0832 e. The smallest absolute Gasteiger partial charge is 0.0832 e. The van der Waals surface area contributed by atoms with Crippen molar-refractivity contribution in [2.45, 2.75) is 26.0 Å². The summed E-state index contributed by atoms with van der Waals surface area (Å²) in [6.07, 6.45) is 8.86. The van der Waals surface area contributed by atoms with E-state index in [1.165, 1.54) is 0 Å². The Morgan fingerprint density at radius 2 is 2.42 bits per heavy atom. The second-order valence-electron chi connectivity index (χ2n) is 2.66. The Kier molecular flexibility index (Phi) is 3.43. The fourth-order valence-electron chi connectivity index (χ4n) is 1.16. The molecule has 1 rings (SSSR count). The van der Waals surface area contributed by atoms with Gasteiger partial charge in [0.15, 0.2) is 0 Å². The zero-order chi connectivity index (χ0) is 8.81. The topological polar surface area (TPSA) is 25.2 Å². The molecule has 64 valence electrons. The van der Waals surface area contributed by atoms with Crippen LogP contribution >= 0.6 is 0 Å². The third-order valence-corrected chi connectivity index (χ3v) is 1.81. The fraction of sp³-hybridized carbons (Fsp3) is 0.400. The van der Waals surface area contributed by atoms with Gasteiger partial charge in [-0.1, -0.05) is 0 Å². The number of terminal acetylenes is 1. The van der Waals surface area contributed by atoms with Gasteiger partial charge in [-0.05, 0) is 18.6 Å². The maximum absolute atomic E-state index is 8.90. The summed E-state index contributed by atoms with van der Waals surface area (Å²) in [6, 6.07) is 3.84. The number of unbranched alkanes of at least 4 members (excludes halogenated alkanes) is 1. The normalized spacial score (nSPS) is 9.67. The highest BCUT2D eigenvalue weighted by Crippen LogP contribution is 2.03. The molecule has 1 heterocycles. The van der Waals surface area contributed by atoms with Gasteiger partial charge in [-0.15, -0.1) is 12.3 Å². The molecule has 1 aromatic heterocycles. The van der Waals surface area contributed by atoms with Crippen LogP contribution in [0.4, 0.5) is 0 Å². The van der Waals surface area contributed by atoms with Crippen LogP contribution in [0.5, 0.6) is 0 Å². The zero-order valence-corrected chi connectivity index (χ0v) is 7.03. The molecule has 0 atom stereocenters. The van der Waals surface area contributed by atoms with E-state index in [1.807, 2.05) is 22.9 Å². The molecular formula is C10H13NO. The number of hydrogen-bond donors (Lipinski definition) is 1. The summed E-state index contributed by atoms with van der Waals surface area (Å²) < 4.78 is 2.03. The minimum Gasteiger partial charge on any atom is -0.390 e. The van der Waals surface area contributed by atoms with E-state index in [0.717, 1.165) is 25.1 Å². The summed E-state index contributed by atoms with van der Waals surface area (Å²) in [4.78, 5) is 0. The molecule has 2 heteroatoms. The van der Waals surface area contributed by atoms with Crippen LogP contribution in [-0.2, 0) is 13.2 Å². The molecule has 0 spiro atoms. The minimum absolute atomic E-state index is 0.100. The molecule has 1 aromatic rings. The van der Waals surface area contributed by atoms with Gasteiger partial charge in [0.1, 0.15) is 0 Å². The van der Waals surface area contributed by atoms with Crippen molar-refractivity contribution in [3.63, 3.8) is 0 Å². The predicted octanol–water partition coefficient (Wildman–Crippen LogP) is 1.39. The summed E-state index contributed by atoms with van der Waals surface area (Å²) in [7, 11) is 0. The number of aromatic nitrogens is 1. The van der Waals surface area contributed by atoms with Crippen molar-refractivity contribution in [2.75, 3.05) is 0 Å². The van der Waals surface area contributed by atoms with Gasteiger partial charge in [-0.25, -0.2) is 0 Å². The van der Waals surface area contributed by atoms with Gasteiger partial charge in [0.2, 0.25) is 0 Å². The lowest BCUT2D eigenvalue weighted by atomic mass is 10.3. The molecule has 0 aromatic carbocycles. The van der Waals surface area contributed by atoms with E-state index in [-0.39, 0.29) is 6.61 Å². The molecule has 12 heavy (non-hydrogen) atoms. The average molecular weight is 163 g/mol. The molecule has 0 bridgehead atoms. The van der Waals surface area contributed by atoms with Crippen molar-refractivity contribution in [1.82, 2.24) is 4.57 Å². The molecule has 0 fully saturated rings. The SMILES string of the molecule is C#CCCCn1cccc1CO. The van der Waals surface area contributed by atoms with Gasteiger partial charge >= 0.3 is 0 Å². The van der Waals surface area contributed by atoms with Gasteiger partial charge in [0.25, 0.3) is 0 Å². The molecule has 0 aliphatic rings. The second kappa shape index (κ2) is 4.63. The Labute approximate surface area is 72.8 Å². The summed E-state index contributed by atoms with van der Waals surface area (Å²) >= 11 is 0. The molecular weight excluding hydrogens is 150 g/mol. The van der Waals surface area contributed by atoms with Crippen molar-refractivity contribution in [3.8, 4) is 12.3 Å². The van der Waals surface area contributed by atoms with Crippen molar-refractivity contribution < 1.29 is 5.11 Å². The molecule has 2 nitrogen and oxygen atoms in total. The summed E-state index contributed by atoms with van der Waals surface area (Å²) in [6.45, 7) is 0.996. The first-order valence-electron chi connectivity index (χ1n) is 4.07. The van der Waals surface area contributed by atoms with Crippen LogP contribution in [0.3, 0.4) is 0 Å². The predicted molar refractivity (Wildman–Crippen MR) is 48.4 cm³/mol. The number of aliphatic hydroxyl groups excluding tert-OH is 1. The zero-order valence-electron chi connectivity index (χ0n) is 7.03. The Balaban J connectivity index is 2.46. The van der Waals surface area contributed by atoms with Crippen LogP contribution < -0.4 is 0 Å². The first-order valence-corrected chi connectivity index (χ1v) is 4.07. The third kappa shape index (κ3) is 2.14. The lowest BCUT2D eigenvalue weighted by Gasteiger charge is -2.04. The number of nitrogens with zero attached hydrogens (tertiary/aromatic N) is 1. The van der Waals surface area contributed by atoms with Crippen molar-refractivity contribution in [1.29, 1.82) is 0 Å². The molecule has 0 unspecified atom stereocenters. The van der Waals surface area contributed by atoms with E-state index < -0.39 is 0 Å². The van der Waals surface area contributed by atoms with Crippen molar-refractivity contribution in [3.05, 3.63) is 24.0 Å². The Hall–Kier alpha value is -1.20. The lowest BCUT2D eigenvalue weighted by molar-refractivity contribution is 0.270. The third-order valence-electron chi connectivity index (χ3n) is 1.81. The van der Waals surface area contributed by atoms with Crippen molar-refractivity contribution in [2.24, 2.45) is 0 Å². The fourth-order valence-corrected chi connectivity index (χ4v) is 1.16. The van der Waals surface area contributed by atoms with Crippen LogP contribution in [-0.4, -0.2) is 9.67 Å². The highest BCUT2D eigenvalue weighted by atomic mass is 16.3. The van der Waals surface area contributed by atoms with E-state index >= 15 is 0 Å². The number of rotatable bonds is 4. The molecule has 0 amide bonds. The standard InChI is InChI=1S/C10H13NO/c1-2-3-4-7-11-8-5-6-10(11)9-12/h1,5-6,8,12H,3-4,7,9H2. The Morgan fingerprint density at radius 1 is 1.58 bits per heavy atom. The van der Waals surface area contributed by atoms with E-state index in [2.05, 4.69) is 5.92 Å². The summed E-state index contributed by atoms with van der Waals surface area (Å²) in [5.41, 5.74) is 0.951. The highest BCUT2D eigenvalue weighted by molar-refractivity contribution is 5.05. The van der Waals surface area contributed by atoms with Crippen LogP contribution in [0.1, 0.15) is 18.5 Å². The minimum atomic E-state index is 0.100. The lowest BCUT2D eigenvalue weighted by Crippen LogP contribution is -2.01. The van der Waals surface area contributed by atoms with Gasteiger partial charge in [-0.2, -0.15) is 0 Å². The van der Waals surface area contributed by atoms with Crippen LogP contribution in [0.25, 0.3) is 0 Å². The molecule has 0 saturated heterocycles. The van der Waals surface area contributed by atoms with Crippen LogP contribution in [0.2, 0.25) is 0 Å². The number of hydrogen-bond acceptors (Lipinski definition) is 1. The highest BCUT2D eigenvalue weighted by Gasteiger charge is 1.96. The first kappa shape index (κ1) is 8.89. The molecule has 0 radical (unpaired) electrons. The number of aryl methyl sites for hydroxylation is 1. The van der Waals surface area contributed by atoms with Gasteiger partial charge in [-0.3, -0.25) is 0 Å². The first-order chi connectivity index (χ1) is 5.88. The van der Waals surface area contributed by atoms with E-state index in [0.29, 0.717) is 0 Å². The van der Waals surface area contributed by atoms with Crippen LogP contribution in [0, 0.1) is 12.3 Å². The average Bonchev–Trinajstić information content (AvgIpc) is 2.52.